The zero-order valence-corrected chi connectivity index (χ0v) is 16.1. The minimum atomic E-state index is -0.473. The number of nitrogens with one attached hydrogen (secondary N) is 1. The number of anilines is 1. The van der Waals surface area contributed by atoms with E-state index in [0.717, 1.165) is 35.0 Å². The fourth-order valence-corrected chi connectivity index (χ4v) is 3.06. The molecule has 2 rings (SSSR count). The summed E-state index contributed by atoms with van der Waals surface area (Å²) in [5.74, 6) is 0.672. The summed E-state index contributed by atoms with van der Waals surface area (Å²) in [6, 6.07) is 7.91. The number of thiazole rings is 1. The third-order valence-electron chi connectivity index (χ3n) is 3.91. The molecule has 0 aliphatic heterocycles. The molecule has 0 aliphatic rings. The first-order chi connectivity index (χ1) is 12.0. The van der Waals surface area contributed by atoms with Crippen LogP contribution in [0.25, 0.3) is 11.3 Å². The lowest BCUT2D eigenvalue weighted by atomic mass is 9.88. The van der Waals surface area contributed by atoms with E-state index in [1.54, 1.807) is 11.3 Å². The molecule has 5 nitrogen and oxygen atoms in total. The van der Waals surface area contributed by atoms with Crippen molar-refractivity contribution in [1.29, 1.82) is 0 Å². The van der Waals surface area contributed by atoms with Gasteiger partial charge in [0, 0.05) is 18.0 Å². The normalized spacial score (nSPS) is 11.2. The van der Waals surface area contributed by atoms with Crippen LogP contribution in [0.2, 0.25) is 0 Å². The Bertz CT molecular complexity index is 680. The number of hydrogen-bond acceptors (Lipinski definition) is 6. The number of carbonyl (C=O) groups is 1. The van der Waals surface area contributed by atoms with Crippen LogP contribution >= 0.6 is 11.3 Å². The average molecular weight is 362 g/mol. The molecule has 0 bridgehead atoms. The van der Waals surface area contributed by atoms with Gasteiger partial charge in [0.15, 0.2) is 5.13 Å². The number of benzene rings is 1. The third kappa shape index (κ3) is 5.46. The van der Waals surface area contributed by atoms with E-state index in [1.165, 1.54) is 0 Å². The molecule has 25 heavy (non-hydrogen) atoms. The highest BCUT2D eigenvalue weighted by molar-refractivity contribution is 7.14. The van der Waals surface area contributed by atoms with Crippen LogP contribution in [0.5, 0.6) is 5.75 Å². The van der Waals surface area contributed by atoms with E-state index in [9.17, 15) is 4.79 Å². The molecule has 0 radical (unpaired) electrons. The van der Waals surface area contributed by atoms with Crippen molar-refractivity contribution in [3.8, 4) is 17.0 Å². The maximum absolute atomic E-state index is 11.9. The summed E-state index contributed by atoms with van der Waals surface area (Å²) in [6.07, 6.45) is 1.53. The van der Waals surface area contributed by atoms with E-state index in [4.69, 9.17) is 9.47 Å². The predicted molar refractivity (Wildman–Crippen MR) is 102 cm³/mol. The Labute approximate surface area is 153 Å². The highest BCUT2D eigenvalue weighted by Gasteiger charge is 2.28. The van der Waals surface area contributed by atoms with Crippen LogP contribution in [0.4, 0.5) is 5.13 Å². The van der Waals surface area contributed by atoms with E-state index in [1.807, 2.05) is 57.5 Å². The van der Waals surface area contributed by atoms with Crippen LogP contribution in [-0.4, -0.2) is 31.2 Å². The van der Waals surface area contributed by atoms with E-state index in [0.29, 0.717) is 13.2 Å². The van der Waals surface area contributed by atoms with Crippen molar-refractivity contribution < 1.29 is 14.3 Å². The lowest BCUT2D eigenvalue weighted by molar-refractivity contribution is -0.153. The number of hydrogen-bond donors (Lipinski definition) is 1. The summed E-state index contributed by atoms with van der Waals surface area (Å²) in [5, 5.41) is 5.97. The Morgan fingerprint density at radius 3 is 2.60 bits per heavy atom. The molecule has 0 aliphatic carbocycles. The monoisotopic (exact) mass is 362 g/mol. The Morgan fingerprint density at radius 1 is 1.28 bits per heavy atom. The predicted octanol–water partition coefficient (Wildman–Crippen LogP) is 4.60. The van der Waals surface area contributed by atoms with Crippen molar-refractivity contribution >= 4 is 22.4 Å². The number of aromatic nitrogens is 1. The number of carbonyl (C=O) groups excluding carboxylic acids is 1. The summed E-state index contributed by atoms with van der Waals surface area (Å²) in [5.41, 5.74) is 1.55. The lowest BCUT2D eigenvalue weighted by Gasteiger charge is -2.22. The fraction of sp³-hybridized carbons (Fsp3) is 0.474. The van der Waals surface area contributed by atoms with Gasteiger partial charge in [-0.1, -0.05) is 0 Å². The molecule has 0 atom stereocenters. The first-order valence-corrected chi connectivity index (χ1v) is 9.38. The van der Waals surface area contributed by atoms with Crippen LogP contribution in [0.3, 0.4) is 0 Å². The van der Waals surface area contributed by atoms with Gasteiger partial charge in [0.05, 0.1) is 24.3 Å². The van der Waals surface area contributed by atoms with Crippen LogP contribution in [0.15, 0.2) is 29.6 Å². The molecule has 0 saturated carbocycles. The van der Waals surface area contributed by atoms with Crippen molar-refractivity contribution in [3.63, 3.8) is 0 Å². The summed E-state index contributed by atoms with van der Waals surface area (Å²) >= 11 is 1.58. The second-order valence-electron chi connectivity index (χ2n) is 6.37. The smallest absolute Gasteiger partial charge is 0.311 e. The molecule has 136 valence electrons. The molecule has 1 heterocycles. The molecular weight excluding hydrogens is 336 g/mol. The molecule has 1 aromatic carbocycles. The summed E-state index contributed by atoms with van der Waals surface area (Å²) in [4.78, 5) is 16.3. The van der Waals surface area contributed by atoms with Gasteiger partial charge in [0.25, 0.3) is 0 Å². The van der Waals surface area contributed by atoms with Crippen molar-refractivity contribution in [2.24, 2.45) is 5.41 Å². The quantitative estimate of drug-likeness (QED) is 0.522. The number of nitrogens with zero attached hydrogens (tertiary/aromatic N) is 1. The minimum absolute atomic E-state index is 0.149. The van der Waals surface area contributed by atoms with E-state index in [2.05, 4.69) is 10.3 Å². The first-order valence-electron chi connectivity index (χ1n) is 8.50. The average Bonchev–Trinajstić information content (AvgIpc) is 3.08. The number of rotatable bonds is 9. The standard InChI is InChI=1S/C19H26N2O3S/c1-5-23-17(22)19(2,3)11-6-12-24-15-9-7-14(8-10-15)16-13-25-18(20-4)21-16/h7-10,13H,5-6,11-12H2,1-4H3,(H,20,21). The Morgan fingerprint density at radius 2 is 2.00 bits per heavy atom. The van der Waals surface area contributed by atoms with Gasteiger partial charge >= 0.3 is 5.97 Å². The van der Waals surface area contributed by atoms with Gasteiger partial charge in [-0.3, -0.25) is 4.79 Å². The van der Waals surface area contributed by atoms with Crippen LogP contribution in [0, 0.1) is 5.41 Å². The van der Waals surface area contributed by atoms with E-state index in [-0.39, 0.29) is 5.97 Å². The number of ether oxygens (including phenoxy) is 2. The van der Waals surface area contributed by atoms with Crippen molar-refractivity contribution in [3.05, 3.63) is 29.6 Å². The van der Waals surface area contributed by atoms with Crippen molar-refractivity contribution in [1.82, 2.24) is 4.98 Å². The summed E-state index contributed by atoms with van der Waals surface area (Å²) in [6.45, 7) is 6.63. The molecular formula is C19H26N2O3S. The Kier molecular flexibility index (Phi) is 6.82. The van der Waals surface area contributed by atoms with Gasteiger partial charge in [-0.25, -0.2) is 4.98 Å². The highest BCUT2D eigenvalue weighted by atomic mass is 32.1. The third-order valence-corrected chi connectivity index (χ3v) is 4.77. The molecule has 1 N–H and O–H groups in total. The van der Waals surface area contributed by atoms with Crippen molar-refractivity contribution in [2.75, 3.05) is 25.6 Å². The molecule has 2 aromatic rings. The topological polar surface area (TPSA) is 60.5 Å². The molecule has 0 amide bonds. The molecule has 0 unspecified atom stereocenters. The molecule has 0 saturated heterocycles. The second kappa shape index (κ2) is 8.85. The largest absolute Gasteiger partial charge is 0.494 e. The number of esters is 1. The zero-order chi connectivity index (χ0) is 18.3. The van der Waals surface area contributed by atoms with Crippen LogP contribution in [0.1, 0.15) is 33.6 Å². The van der Waals surface area contributed by atoms with Gasteiger partial charge in [0.2, 0.25) is 0 Å². The Hall–Kier alpha value is -2.08. The zero-order valence-electron chi connectivity index (χ0n) is 15.3. The highest BCUT2D eigenvalue weighted by Crippen LogP contribution is 2.27. The van der Waals surface area contributed by atoms with Gasteiger partial charge in [-0.05, 0) is 57.9 Å². The first kappa shape index (κ1) is 19.2. The summed E-state index contributed by atoms with van der Waals surface area (Å²) in [7, 11) is 1.86. The van der Waals surface area contributed by atoms with Crippen molar-refractivity contribution in [2.45, 2.75) is 33.6 Å². The maximum Gasteiger partial charge on any atom is 0.311 e. The van der Waals surface area contributed by atoms with Gasteiger partial charge < -0.3 is 14.8 Å². The van der Waals surface area contributed by atoms with E-state index >= 15 is 0 Å². The molecule has 0 spiro atoms. The second-order valence-corrected chi connectivity index (χ2v) is 7.23. The van der Waals surface area contributed by atoms with Gasteiger partial charge in [-0.2, -0.15) is 0 Å². The van der Waals surface area contributed by atoms with E-state index < -0.39 is 5.41 Å². The van der Waals surface area contributed by atoms with Gasteiger partial charge in [0.1, 0.15) is 5.75 Å². The SMILES string of the molecule is CCOC(=O)C(C)(C)CCCOc1ccc(-c2csc(NC)n2)cc1. The Balaban J connectivity index is 1.81. The maximum atomic E-state index is 11.9. The summed E-state index contributed by atoms with van der Waals surface area (Å²) < 4.78 is 10.9. The minimum Gasteiger partial charge on any atom is -0.494 e. The molecule has 1 aromatic heterocycles. The van der Waals surface area contributed by atoms with Gasteiger partial charge in [-0.15, -0.1) is 11.3 Å². The van der Waals surface area contributed by atoms with Crippen LogP contribution in [-0.2, 0) is 9.53 Å². The van der Waals surface area contributed by atoms with Crippen LogP contribution < -0.4 is 10.1 Å². The molecule has 0 fully saturated rings. The lowest BCUT2D eigenvalue weighted by Crippen LogP contribution is -2.27. The fourth-order valence-electron chi connectivity index (χ4n) is 2.38. The molecule has 6 heteroatoms.